The van der Waals surface area contributed by atoms with Gasteiger partial charge in [-0.3, -0.25) is 4.79 Å². The molecule has 6 nitrogen and oxygen atoms in total. The minimum Gasteiger partial charge on any atom is -0.313 e. The van der Waals surface area contributed by atoms with Gasteiger partial charge >= 0.3 is 6.03 Å². The number of urea groups is 1. The molecule has 0 aliphatic carbocycles. The van der Waals surface area contributed by atoms with Gasteiger partial charge in [-0.2, -0.15) is 5.10 Å². The Morgan fingerprint density at radius 1 is 1.38 bits per heavy atom. The number of H-pyrrole nitrogens is 1. The van der Waals surface area contributed by atoms with Gasteiger partial charge in [0.25, 0.3) is 5.56 Å². The summed E-state index contributed by atoms with van der Waals surface area (Å²) >= 11 is 9.41. The molecule has 0 spiro atoms. The Labute approximate surface area is 151 Å². The van der Waals surface area contributed by atoms with Gasteiger partial charge in [-0.1, -0.05) is 11.6 Å². The smallest absolute Gasteiger partial charge is 0.313 e. The second-order valence-electron chi connectivity index (χ2n) is 6.06. The Bertz CT molecular complexity index is 885. The van der Waals surface area contributed by atoms with Gasteiger partial charge in [0.05, 0.1) is 16.8 Å². The highest BCUT2D eigenvalue weighted by Crippen LogP contribution is 2.42. The summed E-state index contributed by atoms with van der Waals surface area (Å²) in [6, 6.07) is 6.72. The summed E-state index contributed by atoms with van der Waals surface area (Å²) in [4.78, 5) is 26.1. The molecule has 0 radical (unpaired) electrons. The quantitative estimate of drug-likeness (QED) is 0.757. The summed E-state index contributed by atoms with van der Waals surface area (Å²) in [5.41, 5.74) is 2.19. The number of nitrogens with one attached hydrogen (secondary N) is 2. The number of amides is 2. The summed E-state index contributed by atoms with van der Waals surface area (Å²) in [7, 11) is 0. The zero-order valence-corrected chi connectivity index (χ0v) is 14.9. The van der Waals surface area contributed by atoms with Crippen molar-refractivity contribution in [2.24, 2.45) is 0 Å². The number of hydrogen-bond acceptors (Lipinski definition) is 3. The van der Waals surface area contributed by atoms with Crippen LogP contribution in [0.25, 0.3) is 0 Å². The molecule has 4 rings (SSSR count). The van der Waals surface area contributed by atoms with E-state index < -0.39 is 0 Å². The maximum Gasteiger partial charge on any atom is 0.322 e. The van der Waals surface area contributed by atoms with E-state index in [1.807, 2.05) is 4.90 Å². The van der Waals surface area contributed by atoms with E-state index in [1.165, 1.54) is 0 Å². The number of aromatic amines is 1. The molecular weight excluding hydrogens is 396 g/mol. The lowest BCUT2D eigenvalue weighted by Gasteiger charge is -2.35. The number of halogens is 2. The fourth-order valence-corrected chi connectivity index (χ4v) is 4.01. The lowest BCUT2D eigenvalue weighted by Crippen LogP contribution is -2.45. The third-order valence-electron chi connectivity index (χ3n) is 4.60. The number of fused-ring (bicyclic) bond motifs is 4. The van der Waals surface area contributed by atoms with Crippen molar-refractivity contribution in [2.45, 2.75) is 31.3 Å². The molecule has 8 heteroatoms. The summed E-state index contributed by atoms with van der Waals surface area (Å²) in [5.74, 6) is 0. The van der Waals surface area contributed by atoms with E-state index in [4.69, 9.17) is 11.6 Å². The SMILES string of the molecule is O=C(Nc1ccc(Br)c(Cl)c1)N1[C@H]2CC[C@@H]1c1n[nH]c(=O)cc1C2. The first-order chi connectivity index (χ1) is 11.5. The number of nitrogens with zero attached hydrogens (tertiary/aromatic N) is 2. The number of rotatable bonds is 1. The van der Waals surface area contributed by atoms with Crippen molar-refractivity contribution in [3.05, 3.63) is 55.4 Å². The van der Waals surface area contributed by atoms with E-state index in [2.05, 4.69) is 31.4 Å². The van der Waals surface area contributed by atoms with Gasteiger partial charge in [0.15, 0.2) is 0 Å². The van der Waals surface area contributed by atoms with Crippen LogP contribution in [0.3, 0.4) is 0 Å². The average Bonchev–Trinajstić information content (AvgIpc) is 2.86. The molecule has 1 aromatic carbocycles. The minimum absolute atomic E-state index is 0.0945. The number of hydrogen-bond donors (Lipinski definition) is 2. The summed E-state index contributed by atoms with van der Waals surface area (Å²) in [6.45, 7) is 0. The predicted molar refractivity (Wildman–Crippen MR) is 94.3 cm³/mol. The molecule has 3 heterocycles. The summed E-state index contributed by atoms with van der Waals surface area (Å²) in [6.07, 6.45) is 2.42. The molecule has 2 atom stereocenters. The topological polar surface area (TPSA) is 78.1 Å². The van der Waals surface area contributed by atoms with Crippen LogP contribution in [0, 0.1) is 0 Å². The molecule has 0 unspecified atom stereocenters. The lowest BCUT2D eigenvalue weighted by atomic mass is 9.99. The van der Waals surface area contributed by atoms with Gasteiger partial charge in [-0.05, 0) is 59.0 Å². The molecule has 1 saturated heterocycles. The van der Waals surface area contributed by atoms with E-state index in [9.17, 15) is 9.59 Å². The molecule has 2 aromatic rings. The van der Waals surface area contributed by atoms with Crippen LogP contribution in [0.4, 0.5) is 10.5 Å². The highest BCUT2D eigenvalue weighted by Gasteiger charge is 2.43. The number of carbonyl (C=O) groups excluding carboxylic acids is 1. The second kappa shape index (κ2) is 5.89. The molecule has 1 fully saturated rings. The molecule has 2 N–H and O–H groups in total. The maximum absolute atomic E-state index is 12.8. The molecule has 2 amide bonds. The van der Waals surface area contributed by atoms with Gasteiger partial charge in [-0.25, -0.2) is 9.89 Å². The first-order valence-corrected chi connectivity index (χ1v) is 8.83. The van der Waals surface area contributed by atoms with E-state index in [1.54, 1.807) is 24.3 Å². The minimum atomic E-state index is -0.199. The fraction of sp³-hybridized carbons (Fsp3) is 0.312. The van der Waals surface area contributed by atoms with Crippen LogP contribution in [0.2, 0.25) is 5.02 Å². The molecular formula is C16H14BrClN4O2. The number of carbonyl (C=O) groups is 1. The van der Waals surface area contributed by atoms with Crippen molar-refractivity contribution < 1.29 is 4.79 Å². The van der Waals surface area contributed by atoms with Crippen LogP contribution < -0.4 is 10.9 Å². The Kier molecular flexibility index (Phi) is 3.85. The van der Waals surface area contributed by atoms with Crippen molar-refractivity contribution in [2.75, 3.05) is 5.32 Å². The third-order valence-corrected chi connectivity index (χ3v) is 5.83. The first-order valence-electron chi connectivity index (χ1n) is 7.66. The largest absolute Gasteiger partial charge is 0.322 e. The van der Waals surface area contributed by atoms with Gasteiger partial charge in [0.1, 0.15) is 0 Å². The van der Waals surface area contributed by atoms with Crippen LogP contribution in [0.15, 0.2) is 33.5 Å². The van der Waals surface area contributed by atoms with E-state index >= 15 is 0 Å². The van der Waals surface area contributed by atoms with Crippen LogP contribution in [-0.2, 0) is 6.42 Å². The molecule has 2 bridgehead atoms. The monoisotopic (exact) mass is 408 g/mol. The highest BCUT2D eigenvalue weighted by atomic mass is 79.9. The van der Waals surface area contributed by atoms with Crippen LogP contribution in [-0.4, -0.2) is 27.2 Å². The third kappa shape index (κ3) is 2.61. The van der Waals surface area contributed by atoms with Crippen molar-refractivity contribution in [1.82, 2.24) is 15.1 Å². The van der Waals surface area contributed by atoms with Crippen molar-refractivity contribution in [1.29, 1.82) is 0 Å². The lowest BCUT2D eigenvalue weighted by molar-refractivity contribution is 0.177. The number of benzene rings is 1. The Balaban J connectivity index is 1.60. The van der Waals surface area contributed by atoms with Crippen LogP contribution in [0.1, 0.15) is 30.1 Å². The first kappa shape index (κ1) is 15.7. The normalized spacial score (nSPS) is 21.5. The standard InChI is InChI=1S/C16H14BrClN4O2/c17-11-3-1-9(7-12(11)18)19-16(24)22-10-2-4-13(22)15-8(5-10)6-14(23)20-21-15/h1,3,6-7,10,13H,2,4-5H2,(H,19,24)(H,20,23)/t10-,13+/m0/s1. The average molecular weight is 410 g/mol. The predicted octanol–water partition coefficient (Wildman–Crippen LogP) is 3.48. The van der Waals surface area contributed by atoms with Gasteiger partial charge < -0.3 is 10.2 Å². The van der Waals surface area contributed by atoms with E-state index in [0.717, 1.165) is 28.6 Å². The molecule has 2 aliphatic rings. The summed E-state index contributed by atoms with van der Waals surface area (Å²) < 4.78 is 0.780. The highest BCUT2D eigenvalue weighted by molar-refractivity contribution is 9.10. The van der Waals surface area contributed by atoms with E-state index in [0.29, 0.717) is 17.1 Å². The van der Waals surface area contributed by atoms with Crippen LogP contribution in [0.5, 0.6) is 0 Å². The molecule has 1 aromatic heterocycles. The molecule has 2 aliphatic heterocycles. The van der Waals surface area contributed by atoms with E-state index in [-0.39, 0.29) is 23.7 Å². The van der Waals surface area contributed by atoms with Gasteiger partial charge in [-0.15, -0.1) is 0 Å². The molecule has 124 valence electrons. The Morgan fingerprint density at radius 2 is 2.21 bits per heavy atom. The Morgan fingerprint density at radius 3 is 3.00 bits per heavy atom. The number of aromatic nitrogens is 2. The molecule has 24 heavy (non-hydrogen) atoms. The fourth-order valence-electron chi connectivity index (χ4n) is 3.58. The Hall–Kier alpha value is -1.86. The van der Waals surface area contributed by atoms with Crippen LogP contribution >= 0.6 is 27.5 Å². The summed E-state index contributed by atoms with van der Waals surface area (Å²) in [5, 5.41) is 10.1. The van der Waals surface area contributed by atoms with Crippen molar-refractivity contribution in [3.8, 4) is 0 Å². The van der Waals surface area contributed by atoms with Gasteiger partial charge in [0.2, 0.25) is 0 Å². The zero-order chi connectivity index (χ0) is 16.8. The van der Waals surface area contributed by atoms with Crippen molar-refractivity contribution in [3.63, 3.8) is 0 Å². The van der Waals surface area contributed by atoms with Gasteiger partial charge in [0, 0.05) is 22.3 Å². The van der Waals surface area contributed by atoms with Crippen molar-refractivity contribution >= 4 is 39.2 Å². The zero-order valence-electron chi connectivity index (χ0n) is 12.6. The second-order valence-corrected chi connectivity index (χ2v) is 7.32. The molecule has 0 saturated carbocycles. The maximum atomic E-state index is 12.8. The number of anilines is 1.